The van der Waals surface area contributed by atoms with Crippen molar-refractivity contribution in [2.24, 2.45) is 0 Å². The van der Waals surface area contributed by atoms with Crippen LogP contribution in [0.2, 0.25) is 0 Å². The molecule has 2 nitrogen and oxygen atoms in total. The Bertz CT molecular complexity index is 384. The molecule has 12 heavy (non-hydrogen) atoms. The number of benzene rings is 1. The summed E-state index contributed by atoms with van der Waals surface area (Å²) in [4.78, 5) is 4.08. The van der Waals surface area contributed by atoms with Gasteiger partial charge in [-0.05, 0) is 18.2 Å². The molecule has 0 bridgehead atoms. The number of hydrogen-bond acceptors (Lipinski definition) is 2. The Morgan fingerprint density at radius 1 is 1.17 bits per heavy atom. The Morgan fingerprint density at radius 2 is 2.00 bits per heavy atom. The maximum atomic E-state index is 9.09. The van der Waals surface area contributed by atoms with Gasteiger partial charge in [0.15, 0.2) is 0 Å². The van der Waals surface area contributed by atoms with E-state index in [0.717, 1.165) is 10.9 Å². The molecule has 62 valence electrons. The fourth-order valence-electron chi connectivity index (χ4n) is 1.05. The van der Waals surface area contributed by atoms with Gasteiger partial charge in [-0.25, -0.2) is 0 Å². The smallest absolute Gasteiger partial charge is 0.117 e. The average molecular weight is 161 g/mol. The molecule has 2 aromatic rings. The molecule has 1 heterocycles. The third kappa shape index (κ3) is 1.37. The van der Waals surface area contributed by atoms with Crippen LogP contribution in [0.15, 0.2) is 36.5 Å². The number of pyridine rings is 1. The largest absolute Gasteiger partial charge is 0.508 e. The first-order valence-corrected chi connectivity index (χ1v) is 3.40. The summed E-state index contributed by atoms with van der Waals surface area (Å²) in [7, 11) is 0. The van der Waals surface area contributed by atoms with E-state index in [1.165, 1.54) is 0 Å². The van der Waals surface area contributed by atoms with Gasteiger partial charge in [0, 0.05) is 17.6 Å². The SMILES string of the molecule is C.Oc1ccc2cccnc2c1. The highest BCUT2D eigenvalue weighted by atomic mass is 16.3. The van der Waals surface area contributed by atoms with Crippen LogP contribution in [0.1, 0.15) is 7.43 Å². The molecule has 0 spiro atoms. The Hall–Kier alpha value is -1.57. The standard InChI is InChI=1S/C9H7NO.CH4/c11-8-4-3-7-2-1-5-10-9(7)6-8;/h1-6,11H;1H4. The highest BCUT2D eigenvalue weighted by molar-refractivity contribution is 5.79. The van der Waals surface area contributed by atoms with E-state index in [2.05, 4.69) is 4.98 Å². The Kier molecular flexibility index (Phi) is 2.29. The predicted octanol–water partition coefficient (Wildman–Crippen LogP) is 2.58. The van der Waals surface area contributed by atoms with Crippen molar-refractivity contribution in [1.82, 2.24) is 4.98 Å². The van der Waals surface area contributed by atoms with Gasteiger partial charge in [0.2, 0.25) is 0 Å². The van der Waals surface area contributed by atoms with E-state index in [4.69, 9.17) is 5.11 Å². The van der Waals surface area contributed by atoms with Crippen LogP contribution in [-0.4, -0.2) is 10.1 Å². The van der Waals surface area contributed by atoms with Crippen LogP contribution in [0, 0.1) is 0 Å². The Morgan fingerprint density at radius 3 is 2.83 bits per heavy atom. The number of fused-ring (bicyclic) bond motifs is 1. The van der Waals surface area contributed by atoms with Crippen molar-refractivity contribution in [1.29, 1.82) is 0 Å². The number of rotatable bonds is 0. The number of nitrogens with zero attached hydrogens (tertiary/aromatic N) is 1. The van der Waals surface area contributed by atoms with E-state index in [9.17, 15) is 0 Å². The number of hydrogen-bond donors (Lipinski definition) is 1. The molecule has 0 fully saturated rings. The summed E-state index contributed by atoms with van der Waals surface area (Å²) in [6.07, 6.45) is 1.71. The molecule has 1 aromatic carbocycles. The second-order valence-electron chi connectivity index (χ2n) is 2.38. The number of aromatic nitrogens is 1. The zero-order chi connectivity index (χ0) is 7.68. The summed E-state index contributed by atoms with van der Waals surface area (Å²) < 4.78 is 0. The second kappa shape index (κ2) is 3.22. The molecule has 0 aliphatic carbocycles. The summed E-state index contributed by atoms with van der Waals surface area (Å²) in [6.45, 7) is 0. The molecule has 0 aliphatic rings. The average Bonchev–Trinajstić information content (AvgIpc) is 2.04. The summed E-state index contributed by atoms with van der Waals surface area (Å²) in [5.41, 5.74) is 0.826. The van der Waals surface area contributed by atoms with Crippen molar-refractivity contribution in [3.05, 3.63) is 36.5 Å². The van der Waals surface area contributed by atoms with E-state index < -0.39 is 0 Å². The van der Waals surface area contributed by atoms with Crippen molar-refractivity contribution < 1.29 is 5.11 Å². The monoisotopic (exact) mass is 161 g/mol. The summed E-state index contributed by atoms with van der Waals surface area (Å²) in [5.74, 6) is 0.260. The van der Waals surface area contributed by atoms with Gasteiger partial charge >= 0.3 is 0 Å². The fraction of sp³-hybridized carbons (Fsp3) is 0.100. The predicted molar refractivity (Wildman–Crippen MR) is 50.1 cm³/mol. The van der Waals surface area contributed by atoms with Crippen molar-refractivity contribution >= 4 is 10.9 Å². The van der Waals surface area contributed by atoms with Gasteiger partial charge in [-0.1, -0.05) is 13.5 Å². The van der Waals surface area contributed by atoms with E-state index >= 15 is 0 Å². The minimum absolute atomic E-state index is 0. The van der Waals surface area contributed by atoms with Gasteiger partial charge < -0.3 is 5.11 Å². The lowest BCUT2D eigenvalue weighted by Crippen LogP contribution is -1.75. The Labute approximate surface area is 71.5 Å². The quantitative estimate of drug-likeness (QED) is 0.644. The lowest BCUT2D eigenvalue weighted by atomic mass is 10.2. The molecular formula is C10H11NO. The van der Waals surface area contributed by atoms with Gasteiger partial charge in [0.1, 0.15) is 5.75 Å². The first-order chi connectivity index (χ1) is 5.36. The van der Waals surface area contributed by atoms with Crippen molar-refractivity contribution in [2.45, 2.75) is 7.43 Å². The van der Waals surface area contributed by atoms with E-state index in [1.807, 2.05) is 18.2 Å². The van der Waals surface area contributed by atoms with E-state index in [1.54, 1.807) is 18.3 Å². The van der Waals surface area contributed by atoms with Gasteiger partial charge in [-0.15, -0.1) is 0 Å². The van der Waals surface area contributed by atoms with Crippen LogP contribution in [-0.2, 0) is 0 Å². The van der Waals surface area contributed by atoms with Crippen molar-refractivity contribution in [3.63, 3.8) is 0 Å². The summed E-state index contributed by atoms with van der Waals surface area (Å²) in [5, 5.41) is 10.1. The lowest BCUT2D eigenvalue weighted by Gasteiger charge is -1.95. The number of phenols is 1. The van der Waals surface area contributed by atoms with Crippen LogP contribution < -0.4 is 0 Å². The third-order valence-corrected chi connectivity index (χ3v) is 1.59. The molecular weight excluding hydrogens is 150 g/mol. The van der Waals surface area contributed by atoms with E-state index in [-0.39, 0.29) is 13.2 Å². The first kappa shape index (κ1) is 8.53. The zero-order valence-corrected chi connectivity index (χ0v) is 5.86. The fourth-order valence-corrected chi connectivity index (χ4v) is 1.05. The third-order valence-electron chi connectivity index (χ3n) is 1.59. The van der Waals surface area contributed by atoms with Crippen LogP contribution in [0.5, 0.6) is 5.75 Å². The van der Waals surface area contributed by atoms with Crippen LogP contribution >= 0.6 is 0 Å². The molecule has 1 aromatic heterocycles. The zero-order valence-electron chi connectivity index (χ0n) is 5.86. The molecule has 2 rings (SSSR count). The molecule has 1 N–H and O–H groups in total. The molecule has 0 radical (unpaired) electrons. The minimum atomic E-state index is 0. The highest BCUT2D eigenvalue weighted by Crippen LogP contribution is 2.16. The van der Waals surface area contributed by atoms with Gasteiger partial charge in [0.25, 0.3) is 0 Å². The maximum absolute atomic E-state index is 9.09. The molecule has 0 aliphatic heterocycles. The molecule has 0 unspecified atom stereocenters. The van der Waals surface area contributed by atoms with Crippen molar-refractivity contribution in [2.75, 3.05) is 0 Å². The normalized spacial score (nSPS) is 9.33. The number of aromatic hydroxyl groups is 1. The molecule has 0 saturated heterocycles. The first-order valence-electron chi connectivity index (χ1n) is 3.40. The highest BCUT2D eigenvalue weighted by Gasteiger charge is 1.92. The van der Waals surface area contributed by atoms with Crippen LogP contribution in [0.4, 0.5) is 0 Å². The summed E-state index contributed by atoms with van der Waals surface area (Å²) in [6, 6.07) is 8.98. The van der Waals surface area contributed by atoms with Gasteiger partial charge in [-0.3, -0.25) is 4.98 Å². The van der Waals surface area contributed by atoms with Gasteiger partial charge in [-0.2, -0.15) is 0 Å². The molecule has 0 amide bonds. The lowest BCUT2D eigenvalue weighted by molar-refractivity contribution is 0.476. The van der Waals surface area contributed by atoms with Crippen LogP contribution in [0.25, 0.3) is 10.9 Å². The molecule has 2 heteroatoms. The molecule has 0 atom stereocenters. The van der Waals surface area contributed by atoms with Crippen molar-refractivity contribution in [3.8, 4) is 5.75 Å². The maximum Gasteiger partial charge on any atom is 0.117 e. The minimum Gasteiger partial charge on any atom is -0.508 e. The van der Waals surface area contributed by atoms with E-state index in [0.29, 0.717) is 0 Å². The second-order valence-corrected chi connectivity index (χ2v) is 2.38. The molecule has 0 saturated carbocycles. The van der Waals surface area contributed by atoms with Gasteiger partial charge in [0.05, 0.1) is 5.52 Å². The van der Waals surface area contributed by atoms with Crippen LogP contribution in [0.3, 0.4) is 0 Å². The Balaban J connectivity index is 0.000000720. The summed E-state index contributed by atoms with van der Waals surface area (Å²) >= 11 is 0. The topological polar surface area (TPSA) is 33.1 Å². The number of phenolic OH excluding ortho intramolecular Hbond substituents is 1.